The maximum Gasteiger partial charge on any atom is 0.352 e. The van der Waals surface area contributed by atoms with Crippen molar-refractivity contribution in [2.45, 2.75) is 18.8 Å². The van der Waals surface area contributed by atoms with E-state index in [9.17, 15) is 19.7 Å². The van der Waals surface area contributed by atoms with Crippen LogP contribution in [0.1, 0.15) is 29.3 Å². The molecule has 0 fully saturated rings. The van der Waals surface area contributed by atoms with Crippen molar-refractivity contribution in [2.24, 2.45) is 16.6 Å². The number of esters is 1. The topological polar surface area (TPSA) is 187 Å². The normalized spacial score (nSPS) is 15.9. The number of rotatable bonds is 8. The number of carbonyl (C=O) groups excluding carboxylic acids is 2. The molecule has 13 heteroatoms. The summed E-state index contributed by atoms with van der Waals surface area (Å²) in [7, 11) is 0. The van der Waals surface area contributed by atoms with Gasteiger partial charge in [0.25, 0.3) is 11.8 Å². The van der Waals surface area contributed by atoms with E-state index in [0.29, 0.717) is 0 Å². The van der Waals surface area contributed by atoms with Crippen LogP contribution in [-0.4, -0.2) is 45.9 Å². The Labute approximate surface area is 175 Å². The van der Waals surface area contributed by atoms with Crippen LogP contribution in [0, 0.1) is 21.4 Å². The zero-order chi connectivity index (χ0) is 22.4. The molecule has 4 N–H and O–H groups in total. The number of hydrogen-bond acceptors (Lipinski definition) is 11. The lowest BCUT2D eigenvalue weighted by Crippen LogP contribution is -2.45. The number of carbonyl (C=O) groups is 2. The van der Waals surface area contributed by atoms with Crippen molar-refractivity contribution in [3.8, 4) is 11.8 Å². The van der Waals surface area contributed by atoms with Crippen LogP contribution in [0.4, 0.5) is 0 Å². The lowest BCUT2D eigenvalue weighted by atomic mass is 10.1. The van der Waals surface area contributed by atoms with Gasteiger partial charge in [0.2, 0.25) is 0 Å². The van der Waals surface area contributed by atoms with Gasteiger partial charge in [-0.1, -0.05) is 0 Å². The van der Waals surface area contributed by atoms with Gasteiger partial charge in [0.1, 0.15) is 11.5 Å². The SMILES string of the molecule is CCOC(=O)CC1=NC(SC)N(N)C(Oc2cc(C#N)ccc2C(N)=O)=C1[N+](=O)[O-]. The number of ether oxygens (including phenoxy) is 2. The Hall–Kier alpha value is -3.63. The molecule has 2 rings (SSSR count). The van der Waals surface area contributed by atoms with Crippen molar-refractivity contribution >= 4 is 29.4 Å². The highest BCUT2D eigenvalue weighted by Gasteiger charge is 2.39. The minimum absolute atomic E-state index is 0.0882. The Morgan fingerprint density at radius 1 is 1.47 bits per heavy atom. The molecule has 0 aliphatic carbocycles. The molecule has 1 aromatic carbocycles. The third kappa shape index (κ3) is 4.85. The molecule has 0 radical (unpaired) electrons. The maximum absolute atomic E-state index is 11.9. The highest BCUT2D eigenvalue weighted by Crippen LogP contribution is 2.30. The Morgan fingerprint density at radius 3 is 2.70 bits per heavy atom. The van der Waals surface area contributed by atoms with Gasteiger partial charge in [-0.15, -0.1) is 11.8 Å². The fraction of sp³-hybridized carbons (Fsp3) is 0.294. The molecule has 1 aliphatic heterocycles. The van der Waals surface area contributed by atoms with Crippen LogP contribution in [0.15, 0.2) is 34.8 Å². The van der Waals surface area contributed by atoms with E-state index >= 15 is 0 Å². The summed E-state index contributed by atoms with van der Waals surface area (Å²) in [5, 5.41) is 21.8. The molecule has 0 saturated carbocycles. The van der Waals surface area contributed by atoms with E-state index in [2.05, 4.69) is 4.99 Å². The van der Waals surface area contributed by atoms with E-state index < -0.39 is 40.3 Å². The molecule has 0 spiro atoms. The van der Waals surface area contributed by atoms with Gasteiger partial charge < -0.3 is 15.2 Å². The largest absolute Gasteiger partial charge is 0.466 e. The second-order valence-electron chi connectivity index (χ2n) is 5.73. The van der Waals surface area contributed by atoms with Crippen LogP contribution < -0.4 is 16.3 Å². The molecule has 1 atom stereocenters. The summed E-state index contributed by atoms with van der Waals surface area (Å²) in [6.45, 7) is 1.68. The monoisotopic (exact) mass is 434 g/mol. The highest BCUT2D eigenvalue weighted by molar-refractivity contribution is 7.99. The number of nitrogens with zero attached hydrogens (tertiary/aromatic N) is 4. The smallest absolute Gasteiger partial charge is 0.352 e. The molecule has 1 aliphatic rings. The third-order valence-corrected chi connectivity index (χ3v) is 4.56. The van der Waals surface area contributed by atoms with Gasteiger partial charge in [0.15, 0.2) is 5.50 Å². The lowest BCUT2D eigenvalue weighted by Gasteiger charge is -2.30. The average Bonchev–Trinajstić information content (AvgIpc) is 2.69. The Balaban J connectivity index is 2.62. The summed E-state index contributed by atoms with van der Waals surface area (Å²) in [5.74, 6) is 3.71. The summed E-state index contributed by atoms with van der Waals surface area (Å²) in [6, 6.07) is 5.67. The van der Waals surface area contributed by atoms with Gasteiger partial charge in [0, 0.05) is 0 Å². The number of aliphatic imine (C=N–C) groups is 1. The van der Waals surface area contributed by atoms with E-state index in [1.807, 2.05) is 6.07 Å². The number of nitriles is 1. The first-order valence-corrected chi connectivity index (χ1v) is 9.72. The zero-order valence-corrected chi connectivity index (χ0v) is 16.8. The van der Waals surface area contributed by atoms with Crippen molar-refractivity contribution < 1.29 is 24.0 Å². The number of hydrazine groups is 1. The second kappa shape index (κ2) is 9.72. The Kier molecular flexibility index (Phi) is 7.34. The molecule has 1 aromatic rings. The van der Waals surface area contributed by atoms with E-state index in [1.54, 1.807) is 13.2 Å². The van der Waals surface area contributed by atoms with Gasteiger partial charge >= 0.3 is 11.7 Å². The molecule has 30 heavy (non-hydrogen) atoms. The molecular weight excluding hydrogens is 416 g/mol. The van der Waals surface area contributed by atoms with Crippen molar-refractivity contribution in [3.63, 3.8) is 0 Å². The second-order valence-corrected chi connectivity index (χ2v) is 6.62. The predicted octanol–water partition coefficient (Wildman–Crippen LogP) is 0.712. The third-order valence-electron chi connectivity index (χ3n) is 3.81. The van der Waals surface area contributed by atoms with Gasteiger partial charge in [-0.25, -0.2) is 15.8 Å². The summed E-state index contributed by atoms with van der Waals surface area (Å²) in [5.41, 5.74) is 3.61. The first-order valence-electron chi connectivity index (χ1n) is 8.43. The van der Waals surface area contributed by atoms with Crippen molar-refractivity contribution in [2.75, 3.05) is 12.9 Å². The van der Waals surface area contributed by atoms with Crippen molar-refractivity contribution in [3.05, 3.63) is 51.0 Å². The Bertz CT molecular complexity index is 985. The quantitative estimate of drug-likeness (QED) is 0.255. The number of allylic oxidation sites excluding steroid dienone is 1. The van der Waals surface area contributed by atoms with Crippen LogP contribution in [-0.2, 0) is 9.53 Å². The lowest BCUT2D eigenvalue weighted by molar-refractivity contribution is -0.419. The molecule has 158 valence electrons. The fourth-order valence-electron chi connectivity index (χ4n) is 2.52. The van der Waals surface area contributed by atoms with Crippen LogP contribution in [0.25, 0.3) is 0 Å². The minimum atomic E-state index is -0.876. The minimum Gasteiger partial charge on any atom is -0.466 e. The first-order chi connectivity index (χ1) is 14.2. The predicted molar refractivity (Wildman–Crippen MR) is 106 cm³/mol. The Morgan fingerprint density at radius 2 is 2.17 bits per heavy atom. The number of thioether (sulfide) groups is 1. The summed E-state index contributed by atoms with van der Waals surface area (Å²) < 4.78 is 10.5. The van der Waals surface area contributed by atoms with Gasteiger partial charge in [-0.2, -0.15) is 5.26 Å². The van der Waals surface area contributed by atoms with Crippen LogP contribution in [0.2, 0.25) is 0 Å². The summed E-state index contributed by atoms with van der Waals surface area (Å²) in [6.07, 6.45) is 1.17. The number of hydrogen-bond donors (Lipinski definition) is 2. The molecule has 0 aromatic heterocycles. The standard InChI is InChI=1S/C17H18N6O6S/c1-3-28-13(24)7-11-14(23(26)27)16(22(20)17(21-11)30-2)29-12-6-9(8-18)4-5-10(12)15(19)25/h4-6,17H,3,7,20H2,1-2H3,(H2,19,25). The van der Waals surface area contributed by atoms with Crippen molar-refractivity contribution in [1.82, 2.24) is 5.01 Å². The van der Waals surface area contributed by atoms with E-state index in [4.69, 9.17) is 26.3 Å². The number of nitrogens with two attached hydrogens (primary N) is 2. The molecule has 1 heterocycles. The molecular formula is C17H18N6O6S. The van der Waals surface area contributed by atoms with Crippen LogP contribution in [0.3, 0.4) is 0 Å². The molecule has 1 unspecified atom stereocenters. The van der Waals surface area contributed by atoms with E-state index in [-0.39, 0.29) is 29.2 Å². The van der Waals surface area contributed by atoms with Crippen molar-refractivity contribution in [1.29, 1.82) is 5.26 Å². The van der Waals surface area contributed by atoms with Crippen LogP contribution >= 0.6 is 11.8 Å². The molecule has 0 saturated heterocycles. The first kappa shape index (κ1) is 22.7. The maximum atomic E-state index is 11.9. The van der Waals surface area contributed by atoms with Gasteiger partial charge in [-0.05, 0) is 31.4 Å². The molecule has 1 amide bonds. The average molecular weight is 434 g/mol. The van der Waals surface area contributed by atoms with Gasteiger partial charge in [0.05, 0.1) is 35.1 Å². The van der Waals surface area contributed by atoms with E-state index in [1.165, 1.54) is 18.2 Å². The summed E-state index contributed by atoms with van der Waals surface area (Å²) >= 11 is 1.12. The zero-order valence-electron chi connectivity index (χ0n) is 16.0. The van der Waals surface area contributed by atoms with E-state index in [0.717, 1.165) is 16.8 Å². The van der Waals surface area contributed by atoms with Gasteiger partial charge in [-0.3, -0.25) is 19.7 Å². The fourth-order valence-corrected chi connectivity index (χ4v) is 3.07. The highest BCUT2D eigenvalue weighted by atomic mass is 32.2. The number of primary amides is 1. The number of nitro groups is 1. The van der Waals surface area contributed by atoms with Crippen LogP contribution in [0.5, 0.6) is 5.75 Å². The number of amides is 1. The molecule has 0 bridgehead atoms. The number of benzene rings is 1. The summed E-state index contributed by atoms with van der Waals surface area (Å²) in [4.78, 5) is 38.8. The molecule has 12 nitrogen and oxygen atoms in total.